The van der Waals surface area contributed by atoms with Gasteiger partial charge in [-0.3, -0.25) is 4.90 Å². The molecule has 2 fully saturated rings. The highest BCUT2D eigenvalue weighted by Crippen LogP contribution is 2.53. The van der Waals surface area contributed by atoms with Crippen molar-refractivity contribution in [3.05, 3.63) is 0 Å². The topological polar surface area (TPSA) is 29.3 Å². The molecule has 1 aliphatic carbocycles. The summed E-state index contributed by atoms with van der Waals surface area (Å²) >= 11 is 0. The molecule has 1 saturated heterocycles. The Hall–Kier alpha value is -0.0800. The van der Waals surface area contributed by atoms with Crippen LogP contribution >= 0.6 is 0 Å². The van der Waals surface area contributed by atoms with Crippen LogP contribution in [-0.4, -0.2) is 30.1 Å². The second-order valence-corrected chi connectivity index (χ2v) is 10.6. The largest absolute Gasteiger partial charge is 0.329 e. The fourth-order valence-electron chi connectivity index (χ4n) is 5.66. The Labute approximate surface area is 132 Å². The van der Waals surface area contributed by atoms with Crippen molar-refractivity contribution in [2.24, 2.45) is 27.9 Å². The van der Waals surface area contributed by atoms with Gasteiger partial charge < -0.3 is 5.73 Å². The van der Waals surface area contributed by atoms with Crippen LogP contribution in [0.5, 0.6) is 0 Å². The lowest BCUT2D eigenvalue weighted by atomic mass is 9.58. The van der Waals surface area contributed by atoms with Crippen molar-refractivity contribution in [2.45, 2.75) is 79.7 Å². The van der Waals surface area contributed by atoms with E-state index in [-0.39, 0.29) is 5.54 Å². The average molecular weight is 295 g/mol. The summed E-state index contributed by atoms with van der Waals surface area (Å²) in [6.45, 7) is 20.2. The molecule has 1 saturated carbocycles. The zero-order valence-corrected chi connectivity index (χ0v) is 15.6. The third kappa shape index (κ3) is 3.64. The molecule has 0 aromatic rings. The minimum absolute atomic E-state index is 0.227. The molecule has 0 bridgehead atoms. The second kappa shape index (κ2) is 5.23. The van der Waals surface area contributed by atoms with E-state index in [9.17, 15) is 0 Å². The summed E-state index contributed by atoms with van der Waals surface area (Å²) < 4.78 is 0. The summed E-state index contributed by atoms with van der Waals surface area (Å²) in [5.74, 6) is 0.814. The molecular weight excluding hydrogens is 256 g/mol. The first-order valence-corrected chi connectivity index (χ1v) is 8.84. The minimum Gasteiger partial charge on any atom is -0.329 e. The quantitative estimate of drug-likeness (QED) is 0.823. The molecule has 0 aromatic heterocycles. The molecule has 2 heteroatoms. The maximum atomic E-state index is 6.37. The number of nitrogens with two attached hydrogens (primary N) is 1. The number of nitrogens with zero attached hydrogens (tertiary/aromatic N) is 1. The van der Waals surface area contributed by atoms with Crippen LogP contribution in [0, 0.1) is 22.2 Å². The summed E-state index contributed by atoms with van der Waals surface area (Å²) in [6, 6.07) is 0. The van der Waals surface area contributed by atoms with E-state index in [0.29, 0.717) is 16.2 Å². The first-order valence-electron chi connectivity index (χ1n) is 8.84. The molecule has 2 aliphatic rings. The maximum Gasteiger partial charge on any atom is 0.0342 e. The van der Waals surface area contributed by atoms with Gasteiger partial charge in [-0.05, 0) is 54.4 Å². The van der Waals surface area contributed by atoms with Gasteiger partial charge in [-0.2, -0.15) is 0 Å². The van der Waals surface area contributed by atoms with Crippen LogP contribution in [0.3, 0.4) is 0 Å². The molecule has 21 heavy (non-hydrogen) atoms. The smallest absolute Gasteiger partial charge is 0.0342 e. The molecule has 1 aliphatic heterocycles. The highest BCUT2D eigenvalue weighted by atomic mass is 15.2. The molecule has 2 rings (SSSR count). The normalized spacial score (nSPS) is 32.3. The van der Waals surface area contributed by atoms with E-state index in [1.807, 2.05) is 0 Å². The standard InChI is InChI=1S/C19H38N2/c1-16(2,3)15-8-9-21(10-15)19(14-20)12-17(4,5)11-18(6,7)13-19/h15H,8-14,20H2,1-7H3. The van der Waals surface area contributed by atoms with Gasteiger partial charge in [-0.15, -0.1) is 0 Å². The second-order valence-electron chi connectivity index (χ2n) is 10.6. The third-order valence-corrected chi connectivity index (χ3v) is 6.04. The molecule has 2 N–H and O–H groups in total. The van der Waals surface area contributed by atoms with Gasteiger partial charge in [0.1, 0.15) is 0 Å². The van der Waals surface area contributed by atoms with E-state index < -0.39 is 0 Å². The Kier molecular flexibility index (Phi) is 4.30. The average Bonchev–Trinajstić information content (AvgIpc) is 2.73. The van der Waals surface area contributed by atoms with E-state index in [1.54, 1.807) is 0 Å². The molecule has 0 aromatic carbocycles. The Morgan fingerprint density at radius 2 is 1.52 bits per heavy atom. The van der Waals surface area contributed by atoms with Gasteiger partial charge in [-0.1, -0.05) is 48.5 Å². The molecule has 2 nitrogen and oxygen atoms in total. The predicted octanol–water partition coefficient (Wildman–Crippen LogP) is 4.29. The van der Waals surface area contributed by atoms with Crippen LogP contribution in [0.15, 0.2) is 0 Å². The van der Waals surface area contributed by atoms with E-state index in [4.69, 9.17) is 5.73 Å². The van der Waals surface area contributed by atoms with Gasteiger partial charge in [-0.25, -0.2) is 0 Å². The van der Waals surface area contributed by atoms with Crippen LogP contribution in [0.4, 0.5) is 0 Å². The van der Waals surface area contributed by atoms with Crippen molar-refractivity contribution in [3.63, 3.8) is 0 Å². The number of hydrogen-bond acceptors (Lipinski definition) is 2. The number of rotatable bonds is 2. The Morgan fingerprint density at radius 3 is 1.90 bits per heavy atom. The van der Waals surface area contributed by atoms with Crippen LogP contribution in [0.1, 0.15) is 74.1 Å². The molecule has 1 atom stereocenters. The first-order chi connectivity index (χ1) is 9.39. The van der Waals surface area contributed by atoms with Crippen LogP contribution in [0.25, 0.3) is 0 Å². The van der Waals surface area contributed by atoms with Gasteiger partial charge in [0.25, 0.3) is 0 Å². The summed E-state index contributed by atoms with van der Waals surface area (Å²) in [6.07, 6.45) is 5.18. The van der Waals surface area contributed by atoms with Crippen LogP contribution in [-0.2, 0) is 0 Å². The minimum atomic E-state index is 0.227. The number of hydrogen-bond donors (Lipinski definition) is 1. The lowest BCUT2D eigenvalue weighted by molar-refractivity contribution is -0.0366. The van der Waals surface area contributed by atoms with E-state index in [0.717, 1.165) is 12.5 Å². The number of likely N-dealkylation sites (tertiary alicyclic amines) is 1. The van der Waals surface area contributed by atoms with Crippen LogP contribution < -0.4 is 5.73 Å². The first kappa shape index (κ1) is 17.3. The fraction of sp³-hybridized carbons (Fsp3) is 1.00. The Morgan fingerprint density at radius 1 is 1.00 bits per heavy atom. The molecule has 0 amide bonds. The molecule has 0 radical (unpaired) electrons. The fourth-order valence-corrected chi connectivity index (χ4v) is 5.66. The van der Waals surface area contributed by atoms with Crippen molar-refractivity contribution < 1.29 is 0 Å². The zero-order valence-electron chi connectivity index (χ0n) is 15.6. The van der Waals surface area contributed by atoms with Gasteiger partial charge in [0, 0.05) is 18.6 Å². The summed E-state index contributed by atoms with van der Waals surface area (Å²) in [5.41, 5.74) is 7.83. The van der Waals surface area contributed by atoms with Gasteiger partial charge in [0.15, 0.2) is 0 Å². The van der Waals surface area contributed by atoms with Gasteiger partial charge >= 0.3 is 0 Å². The SMILES string of the molecule is CC1(C)CC(C)(C)CC(CN)(N2CCC(C(C)(C)C)C2)C1. The maximum absolute atomic E-state index is 6.37. The van der Waals surface area contributed by atoms with E-state index in [1.165, 1.54) is 38.8 Å². The summed E-state index contributed by atoms with van der Waals surface area (Å²) in [4.78, 5) is 2.77. The zero-order chi connectivity index (χ0) is 16.1. The predicted molar refractivity (Wildman–Crippen MR) is 92.3 cm³/mol. The summed E-state index contributed by atoms with van der Waals surface area (Å²) in [5, 5.41) is 0. The monoisotopic (exact) mass is 294 g/mol. The highest BCUT2D eigenvalue weighted by molar-refractivity contribution is 5.06. The molecule has 1 heterocycles. The van der Waals surface area contributed by atoms with Gasteiger partial charge in [0.2, 0.25) is 0 Å². The van der Waals surface area contributed by atoms with Crippen molar-refractivity contribution in [1.29, 1.82) is 0 Å². The molecular formula is C19H38N2. The lowest BCUT2D eigenvalue weighted by Gasteiger charge is -2.55. The lowest BCUT2D eigenvalue weighted by Crippen LogP contribution is -2.60. The van der Waals surface area contributed by atoms with E-state index in [2.05, 4.69) is 53.4 Å². The van der Waals surface area contributed by atoms with Crippen LogP contribution in [0.2, 0.25) is 0 Å². The molecule has 124 valence electrons. The van der Waals surface area contributed by atoms with E-state index >= 15 is 0 Å². The van der Waals surface area contributed by atoms with Crippen molar-refractivity contribution >= 4 is 0 Å². The third-order valence-electron chi connectivity index (χ3n) is 6.04. The Balaban J connectivity index is 2.22. The highest BCUT2D eigenvalue weighted by Gasteiger charge is 2.51. The van der Waals surface area contributed by atoms with Crippen molar-refractivity contribution in [3.8, 4) is 0 Å². The van der Waals surface area contributed by atoms with Gasteiger partial charge in [0.05, 0.1) is 0 Å². The summed E-state index contributed by atoms with van der Waals surface area (Å²) in [7, 11) is 0. The molecule has 1 unspecified atom stereocenters. The molecule has 0 spiro atoms. The van der Waals surface area contributed by atoms with Crippen molar-refractivity contribution in [1.82, 2.24) is 4.90 Å². The van der Waals surface area contributed by atoms with Crippen molar-refractivity contribution in [2.75, 3.05) is 19.6 Å². The Bertz CT molecular complexity index is 360.